The third-order valence-corrected chi connectivity index (χ3v) is 10.1. The van der Waals surface area contributed by atoms with Gasteiger partial charge in [0.15, 0.2) is 0 Å². The van der Waals surface area contributed by atoms with Crippen LogP contribution in [-0.4, -0.2) is 36.1 Å². The van der Waals surface area contributed by atoms with Crippen LogP contribution in [0.25, 0.3) is 0 Å². The molecule has 0 atom stereocenters. The Balaban J connectivity index is 2.28. The third-order valence-electron chi connectivity index (χ3n) is 2.46. The molecule has 0 radical (unpaired) electrons. The average molecular weight is 471 g/mol. The quantitative estimate of drug-likeness (QED) is 0.380. The standard InChI is InChI=1S/C12H6Cl2N2O4Se2/c13-7-1-3-11(9(5-7)15(17)18)21-22-12-4-2-8(14)6-10(12)16(19)20/h1-6H. The van der Waals surface area contributed by atoms with Gasteiger partial charge in [0, 0.05) is 0 Å². The van der Waals surface area contributed by atoms with Crippen molar-refractivity contribution in [3.63, 3.8) is 0 Å². The summed E-state index contributed by atoms with van der Waals surface area (Å²) in [4.78, 5) is 21.1. The van der Waals surface area contributed by atoms with E-state index in [1.165, 1.54) is 12.1 Å². The second kappa shape index (κ2) is 7.42. The molecule has 0 aliphatic carbocycles. The molecule has 22 heavy (non-hydrogen) atoms. The maximum atomic E-state index is 11.0. The van der Waals surface area contributed by atoms with E-state index in [0.29, 0.717) is 8.92 Å². The molecule has 0 saturated carbocycles. The van der Waals surface area contributed by atoms with Crippen molar-refractivity contribution in [1.82, 2.24) is 0 Å². The van der Waals surface area contributed by atoms with Crippen LogP contribution in [0.15, 0.2) is 36.4 Å². The predicted molar refractivity (Wildman–Crippen MR) is 87.0 cm³/mol. The van der Waals surface area contributed by atoms with Gasteiger partial charge in [-0.2, -0.15) is 0 Å². The van der Waals surface area contributed by atoms with Gasteiger partial charge in [0.1, 0.15) is 0 Å². The van der Waals surface area contributed by atoms with Crippen LogP contribution in [0.4, 0.5) is 11.4 Å². The molecule has 0 unspecified atom stereocenters. The van der Waals surface area contributed by atoms with Crippen LogP contribution in [-0.2, 0) is 0 Å². The molecule has 0 aromatic heterocycles. The van der Waals surface area contributed by atoms with Crippen LogP contribution in [0.3, 0.4) is 0 Å². The number of halogens is 2. The van der Waals surface area contributed by atoms with Crippen LogP contribution in [0.2, 0.25) is 10.0 Å². The molecule has 0 aliphatic heterocycles. The number of hydrogen-bond donors (Lipinski definition) is 0. The molecule has 0 fully saturated rings. The summed E-state index contributed by atoms with van der Waals surface area (Å²) in [7, 11) is 0. The number of rotatable bonds is 5. The Morgan fingerprint density at radius 2 is 1.14 bits per heavy atom. The van der Waals surface area contributed by atoms with Gasteiger partial charge >= 0.3 is 146 Å². The molecule has 2 aromatic carbocycles. The Morgan fingerprint density at radius 1 is 0.773 bits per heavy atom. The summed E-state index contributed by atoms with van der Waals surface area (Å²) in [5.74, 6) is 0. The van der Waals surface area contributed by atoms with Crippen LogP contribution >= 0.6 is 23.2 Å². The average Bonchev–Trinajstić information content (AvgIpc) is 2.46. The van der Waals surface area contributed by atoms with Gasteiger partial charge in [-0.15, -0.1) is 0 Å². The summed E-state index contributed by atoms with van der Waals surface area (Å²) in [6.45, 7) is 0. The van der Waals surface area contributed by atoms with Gasteiger partial charge in [-0.05, 0) is 0 Å². The molecule has 114 valence electrons. The van der Waals surface area contributed by atoms with Crippen LogP contribution < -0.4 is 8.92 Å². The number of nitro groups is 2. The fourth-order valence-corrected chi connectivity index (χ4v) is 8.67. The van der Waals surface area contributed by atoms with E-state index in [-0.39, 0.29) is 47.7 Å². The molecule has 0 amide bonds. The molecular formula is C12H6Cl2N2O4Se2. The topological polar surface area (TPSA) is 86.3 Å². The van der Waals surface area contributed by atoms with Gasteiger partial charge in [-0.3, -0.25) is 0 Å². The fourth-order valence-electron chi connectivity index (χ4n) is 1.50. The molecule has 2 aromatic rings. The minimum atomic E-state index is -0.491. The van der Waals surface area contributed by atoms with E-state index in [4.69, 9.17) is 23.2 Å². The molecule has 6 nitrogen and oxygen atoms in total. The molecule has 0 aliphatic rings. The maximum absolute atomic E-state index is 11.0. The van der Waals surface area contributed by atoms with Gasteiger partial charge in [0.05, 0.1) is 0 Å². The van der Waals surface area contributed by atoms with Crippen molar-refractivity contribution in [2.75, 3.05) is 0 Å². The van der Waals surface area contributed by atoms with Gasteiger partial charge < -0.3 is 0 Å². The second-order valence-corrected chi connectivity index (χ2v) is 11.0. The van der Waals surface area contributed by atoms with Crippen molar-refractivity contribution < 1.29 is 9.85 Å². The van der Waals surface area contributed by atoms with E-state index in [2.05, 4.69) is 0 Å². The van der Waals surface area contributed by atoms with Crippen molar-refractivity contribution in [3.05, 3.63) is 66.7 Å². The fraction of sp³-hybridized carbons (Fsp3) is 0. The molecular weight excluding hydrogens is 465 g/mol. The summed E-state index contributed by atoms with van der Waals surface area (Å²) in [5.41, 5.74) is -0.100. The molecule has 10 heteroatoms. The normalized spacial score (nSPS) is 10.5. The van der Waals surface area contributed by atoms with E-state index in [0.717, 1.165) is 0 Å². The first-order chi connectivity index (χ1) is 10.4. The Morgan fingerprint density at radius 3 is 1.45 bits per heavy atom. The number of hydrogen-bond acceptors (Lipinski definition) is 4. The first-order valence-corrected chi connectivity index (χ1v) is 12.4. The molecule has 0 saturated heterocycles. The van der Waals surface area contributed by atoms with E-state index in [9.17, 15) is 20.2 Å². The van der Waals surface area contributed by atoms with Crippen molar-refractivity contribution in [1.29, 1.82) is 0 Å². The van der Waals surface area contributed by atoms with E-state index >= 15 is 0 Å². The SMILES string of the molecule is O=[N+]([O-])c1cc(Cl)ccc1[Se][Se]c1ccc(Cl)cc1[N+](=O)[O-]. The third kappa shape index (κ3) is 4.20. The number of nitro benzene ring substituents is 2. The van der Waals surface area contributed by atoms with E-state index in [1.54, 1.807) is 24.3 Å². The van der Waals surface area contributed by atoms with Crippen molar-refractivity contribution in [2.24, 2.45) is 0 Å². The van der Waals surface area contributed by atoms with Gasteiger partial charge in [-0.25, -0.2) is 0 Å². The van der Waals surface area contributed by atoms with Crippen LogP contribution in [0.1, 0.15) is 0 Å². The van der Waals surface area contributed by atoms with Gasteiger partial charge in [-0.1, -0.05) is 0 Å². The zero-order valence-electron chi connectivity index (χ0n) is 10.6. The van der Waals surface area contributed by atoms with Crippen molar-refractivity contribution in [2.45, 2.75) is 0 Å². The first kappa shape index (κ1) is 17.2. The zero-order valence-corrected chi connectivity index (χ0v) is 15.5. The summed E-state index contributed by atoms with van der Waals surface area (Å²) >= 11 is 11.0. The zero-order chi connectivity index (χ0) is 16.3. The number of benzene rings is 2. The van der Waals surface area contributed by atoms with E-state index < -0.39 is 9.85 Å². The Labute approximate surface area is 146 Å². The van der Waals surface area contributed by atoms with Crippen molar-refractivity contribution in [3.8, 4) is 0 Å². The molecule has 0 spiro atoms. The molecule has 2 rings (SSSR count). The predicted octanol–water partition coefficient (Wildman–Crippen LogP) is 2.08. The van der Waals surface area contributed by atoms with E-state index in [1.807, 2.05) is 0 Å². The Hall–Kier alpha value is -1.14. The number of nitrogens with zero attached hydrogens (tertiary/aromatic N) is 2. The second-order valence-electron chi connectivity index (χ2n) is 3.90. The Bertz CT molecular complexity index is 694. The van der Waals surface area contributed by atoms with Gasteiger partial charge in [0.25, 0.3) is 0 Å². The minimum absolute atomic E-state index is 0.0500. The van der Waals surface area contributed by atoms with Crippen LogP contribution in [0.5, 0.6) is 0 Å². The van der Waals surface area contributed by atoms with Crippen molar-refractivity contribution >= 4 is 69.8 Å². The summed E-state index contributed by atoms with van der Waals surface area (Å²) in [5, 5.41) is 22.7. The molecule has 0 N–H and O–H groups in total. The summed E-state index contributed by atoms with van der Waals surface area (Å²) < 4.78 is 1.12. The summed E-state index contributed by atoms with van der Waals surface area (Å²) in [6, 6.07) is 8.96. The monoisotopic (exact) mass is 472 g/mol. The van der Waals surface area contributed by atoms with Crippen LogP contribution in [0, 0.1) is 20.2 Å². The summed E-state index contributed by atoms with van der Waals surface area (Å²) in [6.07, 6.45) is 0. The molecule has 0 heterocycles. The van der Waals surface area contributed by atoms with Gasteiger partial charge in [0.2, 0.25) is 0 Å². The first-order valence-electron chi connectivity index (χ1n) is 5.61. The molecule has 0 bridgehead atoms. The Kier molecular flexibility index (Phi) is 5.80.